The van der Waals surface area contributed by atoms with E-state index >= 15 is 0 Å². The molecule has 1 aliphatic heterocycles. The molecular weight excluding hydrogens is 306 g/mol. The van der Waals surface area contributed by atoms with Gasteiger partial charge in [0.25, 0.3) is 0 Å². The van der Waals surface area contributed by atoms with Crippen molar-refractivity contribution in [2.45, 2.75) is 33.2 Å². The summed E-state index contributed by atoms with van der Waals surface area (Å²) in [6.45, 7) is 18.6. The minimum absolute atomic E-state index is 0.647. The fourth-order valence-electron chi connectivity index (χ4n) is 2.68. The molecule has 1 saturated heterocycles. The van der Waals surface area contributed by atoms with Crippen molar-refractivity contribution < 1.29 is 14.2 Å². The molecule has 1 aliphatic rings. The van der Waals surface area contributed by atoms with Crippen LogP contribution >= 0.6 is 0 Å². The second-order valence-electron chi connectivity index (χ2n) is 6.56. The molecule has 24 heavy (non-hydrogen) atoms. The monoisotopic (exact) mass is 345 g/mol. The predicted molar refractivity (Wildman–Crippen MR) is 98.8 cm³/mol. The van der Waals surface area contributed by atoms with Gasteiger partial charge in [-0.2, -0.15) is 0 Å². The molecule has 0 aromatic heterocycles. The fourth-order valence-corrected chi connectivity index (χ4v) is 2.68. The molecule has 1 rings (SSSR count). The third kappa shape index (κ3) is 11.3. The Morgan fingerprint density at radius 1 is 0.792 bits per heavy atom. The van der Waals surface area contributed by atoms with Gasteiger partial charge in [0.15, 0.2) is 0 Å². The zero-order chi connectivity index (χ0) is 17.5. The van der Waals surface area contributed by atoms with E-state index in [2.05, 4.69) is 35.9 Å². The Kier molecular flexibility index (Phi) is 13.7. The summed E-state index contributed by atoms with van der Waals surface area (Å²) >= 11 is 0. The van der Waals surface area contributed by atoms with E-state index in [1.165, 1.54) is 13.1 Å². The quantitative estimate of drug-likeness (QED) is 0.448. The first kappa shape index (κ1) is 21.8. The van der Waals surface area contributed by atoms with Gasteiger partial charge < -0.3 is 19.5 Å². The molecule has 144 valence electrons. The largest absolute Gasteiger partial charge is 0.378 e. The average molecular weight is 346 g/mol. The summed E-state index contributed by atoms with van der Waals surface area (Å²) in [5.41, 5.74) is 0. The molecule has 1 heterocycles. The van der Waals surface area contributed by atoms with Gasteiger partial charge in [0, 0.05) is 45.3 Å². The van der Waals surface area contributed by atoms with Crippen LogP contribution in [0.2, 0.25) is 0 Å². The summed E-state index contributed by atoms with van der Waals surface area (Å²) in [6, 6.07) is 0.664. The fraction of sp³-hybridized carbons (Fsp3) is 1.00. The third-order valence-corrected chi connectivity index (χ3v) is 4.28. The molecule has 1 fully saturated rings. The Morgan fingerprint density at radius 3 is 1.96 bits per heavy atom. The maximum absolute atomic E-state index is 5.65. The Hall–Kier alpha value is -0.240. The van der Waals surface area contributed by atoms with Crippen LogP contribution in [0, 0.1) is 0 Å². The second kappa shape index (κ2) is 15.0. The number of nitrogens with zero attached hydrogens (tertiary/aromatic N) is 2. The Labute approximate surface area is 148 Å². The van der Waals surface area contributed by atoms with Crippen molar-refractivity contribution in [2.75, 3.05) is 85.5 Å². The lowest BCUT2D eigenvalue weighted by Gasteiger charge is -2.36. The molecule has 6 heteroatoms. The summed E-state index contributed by atoms with van der Waals surface area (Å²) in [5.74, 6) is 0. The lowest BCUT2D eigenvalue weighted by atomic mass is 10.2. The number of piperazine rings is 1. The van der Waals surface area contributed by atoms with E-state index in [1.54, 1.807) is 0 Å². The maximum atomic E-state index is 5.65. The van der Waals surface area contributed by atoms with Gasteiger partial charge in [-0.05, 0) is 26.8 Å². The number of hydrogen-bond acceptors (Lipinski definition) is 6. The van der Waals surface area contributed by atoms with Crippen LogP contribution in [0.1, 0.15) is 27.2 Å². The topological polar surface area (TPSA) is 46.2 Å². The van der Waals surface area contributed by atoms with Crippen LogP contribution in [0.4, 0.5) is 0 Å². The van der Waals surface area contributed by atoms with Crippen molar-refractivity contribution in [2.24, 2.45) is 0 Å². The molecule has 0 aromatic rings. The van der Waals surface area contributed by atoms with Crippen molar-refractivity contribution in [1.29, 1.82) is 0 Å². The molecule has 0 unspecified atom stereocenters. The van der Waals surface area contributed by atoms with Gasteiger partial charge in [0.2, 0.25) is 0 Å². The molecule has 0 saturated carbocycles. The molecule has 0 spiro atoms. The lowest BCUT2D eigenvalue weighted by Crippen LogP contribution is -2.49. The molecule has 0 bridgehead atoms. The lowest BCUT2D eigenvalue weighted by molar-refractivity contribution is 0.00761. The highest BCUT2D eigenvalue weighted by Crippen LogP contribution is 2.05. The number of hydrogen-bond donors (Lipinski definition) is 1. The molecular formula is C18H39N3O3. The van der Waals surface area contributed by atoms with E-state index in [-0.39, 0.29) is 0 Å². The summed E-state index contributed by atoms with van der Waals surface area (Å²) in [7, 11) is 0. The molecule has 0 radical (unpaired) electrons. The van der Waals surface area contributed by atoms with Crippen LogP contribution in [-0.4, -0.2) is 101 Å². The van der Waals surface area contributed by atoms with E-state index < -0.39 is 0 Å². The molecule has 1 N–H and O–H groups in total. The van der Waals surface area contributed by atoms with Gasteiger partial charge in [-0.25, -0.2) is 0 Å². The predicted octanol–water partition coefficient (Wildman–Crippen LogP) is 1.06. The smallest absolute Gasteiger partial charge is 0.0701 e. The zero-order valence-corrected chi connectivity index (χ0v) is 16.1. The van der Waals surface area contributed by atoms with Crippen LogP contribution in [0.3, 0.4) is 0 Å². The zero-order valence-electron chi connectivity index (χ0n) is 16.1. The van der Waals surface area contributed by atoms with Crippen LogP contribution in [-0.2, 0) is 14.2 Å². The van der Waals surface area contributed by atoms with E-state index in [0.29, 0.717) is 32.5 Å². The second-order valence-corrected chi connectivity index (χ2v) is 6.56. The molecule has 0 aromatic carbocycles. The third-order valence-electron chi connectivity index (χ3n) is 4.28. The maximum Gasteiger partial charge on any atom is 0.0701 e. The molecule has 0 aliphatic carbocycles. The van der Waals surface area contributed by atoms with Gasteiger partial charge in [0.05, 0.1) is 39.6 Å². The number of nitrogens with one attached hydrogen (secondary N) is 1. The van der Waals surface area contributed by atoms with Crippen molar-refractivity contribution in [3.63, 3.8) is 0 Å². The highest BCUT2D eigenvalue weighted by molar-refractivity contribution is 4.73. The minimum atomic E-state index is 0.647. The minimum Gasteiger partial charge on any atom is -0.378 e. The van der Waals surface area contributed by atoms with Crippen molar-refractivity contribution in [1.82, 2.24) is 15.1 Å². The summed E-state index contributed by atoms with van der Waals surface area (Å²) in [5, 5.41) is 3.30. The SMILES string of the molecule is CCCNCCOCCOCCOCCN1CCN(C(C)C)CC1. The van der Waals surface area contributed by atoms with E-state index in [0.717, 1.165) is 52.4 Å². The van der Waals surface area contributed by atoms with Crippen LogP contribution < -0.4 is 5.32 Å². The average Bonchev–Trinajstić information content (AvgIpc) is 2.59. The van der Waals surface area contributed by atoms with Crippen LogP contribution in [0.25, 0.3) is 0 Å². The highest BCUT2D eigenvalue weighted by Gasteiger charge is 2.17. The first-order valence-electron chi connectivity index (χ1n) is 9.64. The molecule has 6 nitrogen and oxygen atoms in total. The van der Waals surface area contributed by atoms with Crippen LogP contribution in [0.5, 0.6) is 0 Å². The van der Waals surface area contributed by atoms with Crippen molar-refractivity contribution in [3.05, 3.63) is 0 Å². The Morgan fingerprint density at radius 2 is 1.38 bits per heavy atom. The van der Waals surface area contributed by atoms with Gasteiger partial charge in [-0.3, -0.25) is 9.80 Å². The molecule has 0 atom stereocenters. The van der Waals surface area contributed by atoms with E-state index in [1.807, 2.05) is 0 Å². The standard InChI is InChI=1S/C18H39N3O3/c1-4-5-19-6-12-22-14-16-24-17-15-23-13-11-20-7-9-21(10-8-20)18(2)3/h18-19H,4-17H2,1-3H3. The summed E-state index contributed by atoms with van der Waals surface area (Å²) < 4.78 is 16.6. The summed E-state index contributed by atoms with van der Waals surface area (Å²) in [6.07, 6.45) is 1.16. The summed E-state index contributed by atoms with van der Waals surface area (Å²) in [4.78, 5) is 5.02. The van der Waals surface area contributed by atoms with Crippen molar-refractivity contribution in [3.8, 4) is 0 Å². The van der Waals surface area contributed by atoms with Crippen molar-refractivity contribution >= 4 is 0 Å². The van der Waals surface area contributed by atoms with Gasteiger partial charge in [0.1, 0.15) is 0 Å². The van der Waals surface area contributed by atoms with E-state index in [9.17, 15) is 0 Å². The Bertz CT molecular complexity index is 272. The molecule has 0 amide bonds. The van der Waals surface area contributed by atoms with E-state index in [4.69, 9.17) is 14.2 Å². The number of rotatable bonds is 15. The first-order chi connectivity index (χ1) is 11.7. The van der Waals surface area contributed by atoms with Gasteiger partial charge in [-0.1, -0.05) is 6.92 Å². The van der Waals surface area contributed by atoms with Gasteiger partial charge in [-0.15, -0.1) is 0 Å². The highest BCUT2D eigenvalue weighted by atomic mass is 16.5. The van der Waals surface area contributed by atoms with Crippen LogP contribution in [0.15, 0.2) is 0 Å². The first-order valence-corrected chi connectivity index (χ1v) is 9.64. The normalized spacial score (nSPS) is 17.0. The number of ether oxygens (including phenoxy) is 3. The van der Waals surface area contributed by atoms with Gasteiger partial charge >= 0.3 is 0 Å². The Balaban J connectivity index is 1.77.